The summed E-state index contributed by atoms with van der Waals surface area (Å²) in [6, 6.07) is 8.22. The molecule has 1 aliphatic rings. The molecule has 0 unspecified atom stereocenters. The van der Waals surface area contributed by atoms with E-state index >= 15 is 0 Å². The molecule has 3 rings (SSSR count). The van der Waals surface area contributed by atoms with E-state index in [-0.39, 0.29) is 18.1 Å². The minimum absolute atomic E-state index is 0.220. The van der Waals surface area contributed by atoms with Crippen molar-refractivity contribution in [1.82, 2.24) is 14.9 Å². The van der Waals surface area contributed by atoms with E-state index in [2.05, 4.69) is 9.97 Å². The fourth-order valence-electron chi connectivity index (χ4n) is 2.68. The maximum Gasteiger partial charge on any atom is 0.326 e. The summed E-state index contributed by atoms with van der Waals surface area (Å²) in [5.41, 5.74) is 2.16. The van der Waals surface area contributed by atoms with Crippen LogP contribution in [0.15, 0.2) is 36.5 Å². The van der Waals surface area contributed by atoms with Crippen LogP contribution in [0.3, 0.4) is 0 Å². The Morgan fingerprint density at radius 1 is 1.23 bits per heavy atom. The second-order valence-corrected chi connectivity index (χ2v) is 5.25. The number of carbonyl (C=O) groups is 2. The van der Waals surface area contributed by atoms with Gasteiger partial charge in [-0.25, -0.2) is 14.8 Å². The van der Waals surface area contributed by atoms with Gasteiger partial charge >= 0.3 is 5.97 Å². The van der Waals surface area contributed by atoms with Gasteiger partial charge < -0.3 is 10.0 Å². The lowest BCUT2D eigenvalue weighted by Gasteiger charge is -2.34. The highest BCUT2D eigenvalue weighted by molar-refractivity contribution is 5.95. The molecule has 2 aromatic rings. The standard InChI is InChI=1S/C16H15N3O3/c1-10-17-7-6-13(18-10)15(20)19-9-12-5-3-2-4-11(12)8-14(19)16(21)22/h2-7,14H,8-9H2,1H3,(H,21,22)/t14-/m1/s1. The molecule has 6 nitrogen and oxygen atoms in total. The highest BCUT2D eigenvalue weighted by Gasteiger charge is 2.35. The molecule has 1 atom stereocenters. The van der Waals surface area contributed by atoms with Crippen molar-refractivity contribution in [2.75, 3.05) is 0 Å². The van der Waals surface area contributed by atoms with Crippen molar-refractivity contribution in [3.63, 3.8) is 0 Å². The van der Waals surface area contributed by atoms with Gasteiger partial charge in [0.15, 0.2) is 0 Å². The summed E-state index contributed by atoms with van der Waals surface area (Å²) in [4.78, 5) is 33.6. The average molecular weight is 297 g/mol. The molecule has 22 heavy (non-hydrogen) atoms. The van der Waals surface area contributed by atoms with Crippen LogP contribution in [0.4, 0.5) is 0 Å². The molecular weight excluding hydrogens is 282 g/mol. The Hall–Kier alpha value is -2.76. The van der Waals surface area contributed by atoms with E-state index in [4.69, 9.17) is 0 Å². The Balaban J connectivity index is 1.97. The molecule has 0 saturated carbocycles. The third-order valence-electron chi connectivity index (χ3n) is 3.79. The van der Waals surface area contributed by atoms with E-state index in [1.54, 1.807) is 6.92 Å². The highest BCUT2D eigenvalue weighted by Crippen LogP contribution is 2.24. The summed E-state index contributed by atoms with van der Waals surface area (Å²) < 4.78 is 0. The topological polar surface area (TPSA) is 83.4 Å². The van der Waals surface area contributed by atoms with Crippen molar-refractivity contribution in [2.45, 2.75) is 25.9 Å². The summed E-state index contributed by atoms with van der Waals surface area (Å²) in [5.74, 6) is -0.906. The third-order valence-corrected chi connectivity index (χ3v) is 3.79. The fourth-order valence-corrected chi connectivity index (χ4v) is 2.68. The first-order chi connectivity index (χ1) is 10.6. The maximum absolute atomic E-state index is 12.6. The monoisotopic (exact) mass is 297 g/mol. The van der Waals surface area contributed by atoms with Gasteiger partial charge in [-0.15, -0.1) is 0 Å². The molecule has 0 bridgehead atoms. The molecule has 1 aliphatic heterocycles. The second-order valence-electron chi connectivity index (χ2n) is 5.25. The number of hydrogen-bond donors (Lipinski definition) is 1. The van der Waals surface area contributed by atoms with Crippen LogP contribution in [0.5, 0.6) is 0 Å². The Morgan fingerprint density at radius 2 is 1.95 bits per heavy atom. The summed E-state index contributed by atoms with van der Waals surface area (Å²) in [6.45, 7) is 1.96. The summed E-state index contributed by atoms with van der Waals surface area (Å²) in [6.07, 6.45) is 1.81. The second kappa shape index (κ2) is 5.55. The molecule has 0 fully saturated rings. The van der Waals surface area contributed by atoms with Gasteiger partial charge in [-0.1, -0.05) is 24.3 Å². The minimum atomic E-state index is -1.01. The van der Waals surface area contributed by atoms with Gasteiger partial charge in [-0.3, -0.25) is 4.79 Å². The van der Waals surface area contributed by atoms with Gasteiger partial charge in [-0.05, 0) is 24.1 Å². The van der Waals surface area contributed by atoms with E-state index in [1.165, 1.54) is 17.2 Å². The zero-order valence-corrected chi connectivity index (χ0v) is 12.1. The van der Waals surface area contributed by atoms with Gasteiger partial charge in [0.1, 0.15) is 17.6 Å². The zero-order chi connectivity index (χ0) is 15.7. The highest BCUT2D eigenvalue weighted by atomic mass is 16.4. The minimum Gasteiger partial charge on any atom is -0.480 e. The molecule has 1 aromatic heterocycles. The molecular formula is C16H15N3O3. The van der Waals surface area contributed by atoms with Gasteiger partial charge in [0.25, 0.3) is 5.91 Å². The molecule has 2 heterocycles. The van der Waals surface area contributed by atoms with Crippen molar-refractivity contribution in [3.05, 3.63) is 59.2 Å². The van der Waals surface area contributed by atoms with Crippen molar-refractivity contribution in [1.29, 1.82) is 0 Å². The van der Waals surface area contributed by atoms with Crippen molar-refractivity contribution >= 4 is 11.9 Å². The molecule has 0 radical (unpaired) electrons. The zero-order valence-electron chi connectivity index (χ0n) is 12.1. The lowest BCUT2D eigenvalue weighted by Crippen LogP contribution is -2.48. The van der Waals surface area contributed by atoms with Crippen LogP contribution in [-0.4, -0.2) is 37.9 Å². The van der Waals surface area contributed by atoms with E-state index in [9.17, 15) is 14.7 Å². The summed E-state index contributed by atoms with van der Waals surface area (Å²) in [5, 5.41) is 9.46. The predicted octanol–water partition coefficient (Wildman–Crippen LogP) is 1.44. The molecule has 0 aliphatic carbocycles. The number of rotatable bonds is 2. The number of aromatic nitrogens is 2. The Labute approximate surface area is 127 Å². The summed E-state index contributed by atoms with van der Waals surface area (Å²) in [7, 11) is 0. The molecule has 0 saturated heterocycles. The molecule has 0 spiro atoms. The molecule has 1 aromatic carbocycles. The van der Waals surface area contributed by atoms with Crippen molar-refractivity contribution in [2.24, 2.45) is 0 Å². The SMILES string of the molecule is Cc1nccc(C(=O)N2Cc3ccccc3C[C@@H]2C(=O)O)n1. The molecule has 1 amide bonds. The Morgan fingerprint density at radius 3 is 2.64 bits per heavy atom. The number of benzene rings is 1. The van der Waals surface area contributed by atoms with Crippen LogP contribution in [-0.2, 0) is 17.8 Å². The summed E-state index contributed by atoms with van der Waals surface area (Å²) >= 11 is 0. The van der Waals surface area contributed by atoms with Gasteiger partial charge in [0.2, 0.25) is 0 Å². The van der Waals surface area contributed by atoms with Crippen molar-refractivity contribution in [3.8, 4) is 0 Å². The fraction of sp³-hybridized carbons (Fsp3) is 0.250. The van der Waals surface area contributed by atoms with Crippen LogP contribution in [0.1, 0.15) is 27.4 Å². The lowest BCUT2D eigenvalue weighted by atomic mass is 9.93. The van der Waals surface area contributed by atoms with Crippen LogP contribution in [0.25, 0.3) is 0 Å². The van der Waals surface area contributed by atoms with Gasteiger partial charge in [-0.2, -0.15) is 0 Å². The van der Waals surface area contributed by atoms with E-state index < -0.39 is 12.0 Å². The van der Waals surface area contributed by atoms with Gasteiger partial charge in [0.05, 0.1) is 0 Å². The first-order valence-electron chi connectivity index (χ1n) is 6.96. The molecule has 112 valence electrons. The largest absolute Gasteiger partial charge is 0.480 e. The number of aliphatic carboxylic acids is 1. The van der Waals surface area contributed by atoms with Gasteiger partial charge in [0, 0.05) is 19.2 Å². The number of carbonyl (C=O) groups excluding carboxylic acids is 1. The predicted molar refractivity (Wildman–Crippen MR) is 78.2 cm³/mol. The number of carboxylic acids is 1. The lowest BCUT2D eigenvalue weighted by molar-refractivity contribution is -0.142. The normalized spacial score (nSPS) is 17.0. The average Bonchev–Trinajstić information content (AvgIpc) is 2.52. The Kier molecular flexibility index (Phi) is 3.58. The Bertz CT molecular complexity index is 745. The van der Waals surface area contributed by atoms with Crippen molar-refractivity contribution < 1.29 is 14.7 Å². The van der Waals surface area contributed by atoms with Crippen LogP contribution >= 0.6 is 0 Å². The number of hydrogen-bond acceptors (Lipinski definition) is 4. The van der Waals surface area contributed by atoms with E-state index in [1.807, 2.05) is 24.3 Å². The van der Waals surface area contributed by atoms with E-state index in [0.717, 1.165) is 11.1 Å². The number of nitrogens with zero attached hydrogens (tertiary/aromatic N) is 3. The first kappa shape index (κ1) is 14.2. The van der Waals surface area contributed by atoms with Crippen LogP contribution in [0, 0.1) is 6.92 Å². The molecule has 6 heteroatoms. The quantitative estimate of drug-likeness (QED) is 0.906. The van der Waals surface area contributed by atoms with Crippen LogP contribution < -0.4 is 0 Å². The molecule has 1 N–H and O–H groups in total. The number of aryl methyl sites for hydroxylation is 1. The van der Waals surface area contributed by atoms with E-state index in [0.29, 0.717) is 12.2 Å². The number of amides is 1. The number of carboxylic acid groups (broad SMARTS) is 1. The number of fused-ring (bicyclic) bond motifs is 1. The maximum atomic E-state index is 12.6. The smallest absolute Gasteiger partial charge is 0.326 e. The third kappa shape index (κ3) is 2.55. The first-order valence-corrected chi connectivity index (χ1v) is 6.96. The van der Waals surface area contributed by atoms with Crippen LogP contribution in [0.2, 0.25) is 0 Å².